The summed E-state index contributed by atoms with van der Waals surface area (Å²) in [6.07, 6.45) is 0. The first-order valence-electron chi connectivity index (χ1n) is 6.00. The second-order valence-electron chi connectivity index (χ2n) is 4.59. The first-order chi connectivity index (χ1) is 8.97. The minimum Gasteiger partial charge on any atom is -0.399 e. The predicted octanol–water partition coefficient (Wildman–Crippen LogP) is 2.61. The van der Waals surface area contributed by atoms with E-state index in [4.69, 9.17) is 5.73 Å². The van der Waals surface area contributed by atoms with Crippen molar-refractivity contribution in [1.82, 2.24) is 9.88 Å². The number of carbonyl (C=O) groups excluding carboxylic acids is 1. The molecule has 0 aliphatic heterocycles. The molecule has 2 rings (SSSR count). The molecule has 0 spiro atoms. The summed E-state index contributed by atoms with van der Waals surface area (Å²) >= 11 is 1.59. The van der Waals surface area contributed by atoms with Crippen molar-refractivity contribution in [3.8, 4) is 0 Å². The van der Waals surface area contributed by atoms with E-state index in [1.54, 1.807) is 35.4 Å². The molecule has 2 N–H and O–H groups in total. The lowest BCUT2D eigenvalue weighted by atomic mass is 10.1. The molecule has 1 heterocycles. The van der Waals surface area contributed by atoms with Crippen LogP contribution in [0.25, 0.3) is 0 Å². The number of amides is 1. The van der Waals surface area contributed by atoms with Crippen molar-refractivity contribution in [2.24, 2.45) is 0 Å². The van der Waals surface area contributed by atoms with Gasteiger partial charge in [0.05, 0.1) is 17.2 Å². The van der Waals surface area contributed by atoms with E-state index >= 15 is 0 Å². The summed E-state index contributed by atoms with van der Waals surface area (Å²) in [4.78, 5) is 18.3. The molecule has 100 valence electrons. The number of thiazole rings is 1. The molecular weight excluding hydrogens is 258 g/mol. The zero-order valence-corrected chi connectivity index (χ0v) is 12.1. The van der Waals surface area contributed by atoms with E-state index in [-0.39, 0.29) is 5.91 Å². The van der Waals surface area contributed by atoms with E-state index in [0.29, 0.717) is 17.8 Å². The van der Waals surface area contributed by atoms with Gasteiger partial charge in [-0.15, -0.1) is 11.3 Å². The van der Waals surface area contributed by atoms with Gasteiger partial charge in [-0.1, -0.05) is 0 Å². The fraction of sp³-hybridized carbons (Fsp3) is 0.286. The summed E-state index contributed by atoms with van der Waals surface area (Å²) in [5.74, 6) is -0.0197. The highest BCUT2D eigenvalue weighted by molar-refractivity contribution is 7.09. The van der Waals surface area contributed by atoms with E-state index < -0.39 is 0 Å². The molecule has 1 amide bonds. The maximum absolute atomic E-state index is 12.3. The SMILES string of the molecule is Cc1nc(CN(C)C(=O)c2ccc(N)c(C)c2)cs1. The average molecular weight is 275 g/mol. The van der Waals surface area contributed by atoms with Gasteiger partial charge in [0.15, 0.2) is 0 Å². The number of benzene rings is 1. The summed E-state index contributed by atoms with van der Waals surface area (Å²) in [5, 5.41) is 2.99. The first-order valence-corrected chi connectivity index (χ1v) is 6.88. The number of nitrogens with zero attached hydrogens (tertiary/aromatic N) is 2. The quantitative estimate of drug-likeness (QED) is 0.876. The zero-order valence-electron chi connectivity index (χ0n) is 11.3. The predicted molar refractivity (Wildman–Crippen MR) is 78.2 cm³/mol. The normalized spacial score (nSPS) is 10.5. The highest BCUT2D eigenvalue weighted by atomic mass is 32.1. The maximum atomic E-state index is 12.3. The molecule has 0 radical (unpaired) electrons. The van der Waals surface area contributed by atoms with E-state index in [0.717, 1.165) is 16.3 Å². The Hall–Kier alpha value is -1.88. The number of aromatic nitrogens is 1. The van der Waals surface area contributed by atoms with Gasteiger partial charge in [0.2, 0.25) is 0 Å². The van der Waals surface area contributed by atoms with Gasteiger partial charge < -0.3 is 10.6 Å². The summed E-state index contributed by atoms with van der Waals surface area (Å²) < 4.78 is 0. The van der Waals surface area contributed by atoms with Crippen LogP contribution in [0.5, 0.6) is 0 Å². The molecular formula is C14H17N3OS. The topological polar surface area (TPSA) is 59.2 Å². The number of carbonyl (C=O) groups is 1. The average Bonchev–Trinajstić information content (AvgIpc) is 2.77. The summed E-state index contributed by atoms with van der Waals surface area (Å²) in [5.41, 5.74) is 8.96. The van der Waals surface area contributed by atoms with Crippen LogP contribution >= 0.6 is 11.3 Å². The number of aryl methyl sites for hydroxylation is 2. The highest BCUT2D eigenvalue weighted by Crippen LogP contribution is 2.15. The molecule has 0 saturated heterocycles. The second-order valence-corrected chi connectivity index (χ2v) is 5.65. The van der Waals surface area contributed by atoms with E-state index in [2.05, 4.69) is 4.98 Å². The van der Waals surface area contributed by atoms with Crippen molar-refractivity contribution in [2.75, 3.05) is 12.8 Å². The standard InChI is InChI=1S/C14H17N3OS/c1-9-6-11(4-5-13(9)15)14(18)17(3)7-12-8-19-10(2)16-12/h4-6,8H,7,15H2,1-3H3. The Labute approximate surface area is 116 Å². The molecule has 0 aliphatic rings. The lowest BCUT2D eigenvalue weighted by molar-refractivity contribution is 0.0783. The Kier molecular flexibility index (Phi) is 3.85. The molecule has 5 heteroatoms. The third-order valence-electron chi connectivity index (χ3n) is 2.93. The van der Waals surface area contributed by atoms with Gasteiger partial charge >= 0.3 is 0 Å². The maximum Gasteiger partial charge on any atom is 0.253 e. The van der Waals surface area contributed by atoms with Gasteiger partial charge in [0.1, 0.15) is 0 Å². The number of nitrogens with two attached hydrogens (primary N) is 1. The Bertz CT molecular complexity index is 606. The summed E-state index contributed by atoms with van der Waals surface area (Å²) in [6.45, 7) is 4.38. The van der Waals surface area contributed by atoms with Gasteiger partial charge in [-0.2, -0.15) is 0 Å². The highest BCUT2D eigenvalue weighted by Gasteiger charge is 2.13. The van der Waals surface area contributed by atoms with Crippen molar-refractivity contribution in [3.63, 3.8) is 0 Å². The van der Waals surface area contributed by atoms with E-state index in [1.807, 2.05) is 25.3 Å². The van der Waals surface area contributed by atoms with E-state index in [9.17, 15) is 4.79 Å². The third kappa shape index (κ3) is 3.12. The molecule has 0 saturated carbocycles. The fourth-order valence-electron chi connectivity index (χ4n) is 1.82. The minimum atomic E-state index is -0.0197. The van der Waals surface area contributed by atoms with Gasteiger partial charge in [-0.05, 0) is 37.6 Å². The fourth-order valence-corrected chi connectivity index (χ4v) is 2.43. The molecule has 0 fully saturated rings. The molecule has 0 bridgehead atoms. The van der Waals surface area contributed by atoms with Crippen LogP contribution < -0.4 is 5.73 Å². The monoisotopic (exact) mass is 275 g/mol. The van der Waals surface area contributed by atoms with Crippen LogP contribution in [0.1, 0.15) is 26.6 Å². The van der Waals surface area contributed by atoms with E-state index in [1.165, 1.54) is 0 Å². The zero-order chi connectivity index (χ0) is 14.0. The number of rotatable bonds is 3. The Morgan fingerprint density at radius 1 is 1.42 bits per heavy atom. The molecule has 0 atom stereocenters. The van der Waals surface area contributed by atoms with Crippen molar-refractivity contribution in [3.05, 3.63) is 45.4 Å². The number of anilines is 1. The van der Waals surface area contributed by atoms with Gasteiger partial charge in [0.25, 0.3) is 5.91 Å². The first kappa shape index (κ1) is 13.5. The smallest absolute Gasteiger partial charge is 0.253 e. The number of hydrogen-bond acceptors (Lipinski definition) is 4. The molecule has 4 nitrogen and oxygen atoms in total. The van der Waals surface area contributed by atoms with Crippen LogP contribution in [0.4, 0.5) is 5.69 Å². The molecule has 19 heavy (non-hydrogen) atoms. The molecule has 0 aliphatic carbocycles. The second kappa shape index (κ2) is 5.40. The summed E-state index contributed by atoms with van der Waals surface area (Å²) in [7, 11) is 1.78. The third-order valence-corrected chi connectivity index (χ3v) is 3.75. The van der Waals surface area contributed by atoms with Crippen LogP contribution in [0.3, 0.4) is 0 Å². The van der Waals surface area contributed by atoms with Crippen LogP contribution in [0.2, 0.25) is 0 Å². The Morgan fingerprint density at radius 3 is 2.74 bits per heavy atom. The Balaban J connectivity index is 2.12. The van der Waals surface area contributed by atoms with Crippen molar-refractivity contribution in [1.29, 1.82) is 0 Å². The van der Waals surface area contributed by atoms with Crippen molar-refractivity contribution in [2.45, 2.75) is 20.4 Å². The Morgan fingerprint density at radius 2 is 2.16 bits per heavy atom. The van der Waals surface area contributed by atoms with Gasteiger partial charge in [-0.3, -0.25) is 4.79 Å². The molecule has 1 aromatic heterocycles. The van der Waals surface area contributed by atoms with Gasteiger partial charge in [-0.25, -0.2) is 4.98 Å². The summed E-state index contributed by atoms with van der Waals surface area (Å²) in [6, 6.07) is 5.34. The van der Waals surface area contributed by atoms with Crippen LogP contribution in [0, 0.1) is 13.8 Å². The number of hydrogen-bond donors (Lipinski definition) is 1. The largest absolute Gasteiger partial charge is 0.399 e. The van der Waals surface area contributed by atoms with Crippen LogP contribution in [0.15, 0.2) is 23.6 Å². The van der Waals surface area contributed by atoms with Crippen molar-refractivity contribution >= 4 is 22.9 Å². The molecule has 1 aromatic carbocycles. The minimum absolute atomic E-state index is 0.0197. The van der Waals surface area contributed by atoms with Gasteiger partial charge in [0, 0.05) is 23.7 Å². The molecule has 2 aromatic rings. The lowest BCUT2D eigenvalue weighted by Crippen LogP contribution is -2.26. The van der Waals surface area contributed by atoms with Crippen LogP contribution in [-0.4, -0.2) is 22.8 Å². The number of nitrogen functional groups attached to an aromatic ring is 1. The molecule has 0 unspecified atom stereocenters. The lowest BCUT2D eigenvalue weighted by Gasteiger charge is -2.16. The van der Waals surface area contributed by atoms with Crippen molar-refractivity contribution < 1.29 is 4.79 Å². The van der Waals surface area contributed by atoms with Crippen LogP contribution in [-0.2, 0) is 6.54 Å².